The third kappa shape index (κ3) is 5.48. The number of halogens is 1. The molecule has 0 unspecified atom stereocenters. The Balaban J connectivity index is 1.67. The van der Waals surface area contributed by atoms with Gasteiger partial charge in [0.25, 0.3) is 0 Å². The van der Waals surface area contributed by atoms with E-state index < -0.39 is 10.1 Å². The number of aryl methyl sites for hydroxylation is 1. The Kier molecular flexibility index (Phi) is 6.94. The molecule has 0 bridgehead atoms. The van der Waals surface area contributed by atoms with Crippen molar-refractivity contribution in [1.82, 2.24) is 4.90 Å². The van der Waals surface area contributed by atoms with E-state index in [9.17, 15) is 8.42 Å². The molecular formula is C20H25ClN4O4S. The fourth-order valence-corrected chi connectivity index (χ4v) is 4.71. The molecule has 0 radical (unpaired) electrons. The fourth-order valence-electron chi connectivity index (χ4n) is 3.28. The van der Waals surface area contributed by atoms with Crippen LogP contribution in [0.3, 0.4) is 0 Å². The Hall–Kier alpha value is -2.65. The van der Waals surface area contributed by atoms with Crippen molar-refractivity contribution in [3.05, 3.63) is 47.0 Å². The zero-order valence-electron chi connectivity index (χ0n) is 16.6. The van der Waals surface area contributed by atoms with E-state index in [0.717, 1.165) is 31.5 Å². The van der Waals surface area contributed by atoms with Crippen LogP contribution in [0.15, 0.2) is 46.4 Å². The molecule has 4 N–H and O–H groups in total. The minimum atomic E-state index is -4.14. The smallest absolute Gasteiger partial charge is 0.340 e. The first-order chi connectivity index (χ1) is 14.3. The molecule has 1 aliphatic rings. The number of piperidine rings is 1. The number of rotatable bonds is 7. The van der Waals surface area contributed by atoms with Gasteiger partial charge in [0, 0.05) is 19.2 Å². The summed E-state index contributed by atoms with van der Waals surface area (Å²) in [6, 6.07) is 9.39. The van der Waals surface area contributed by atoms with Crippen molar-refractivity contribution in [3.63, 3.8) is 0 Å². The van der Waals surface area contributed by atoms with E-state index in [1.807, 2.05) is 13.0 Å². The highest BCUT2D eigenvalue weighted by molar-refractivity contribution is 7.87. The molecule has 3 rings (SSSR count). The van der Waals surface area contributed by atoms with Crippen molar-refractivity contribution in [2.45, 2.75) is 24.7 Å². The van der Waals surface area contributed by atoms with Gasteiger partial charge in [-0.15, -0.1) is 0 Å². The summed E-state index contributed by atoms with van der Waals surface area (Å²) in [5.74, 6) is 6.28. The van der Waals surface area contributed by atoms with Gasteiger partial charge >= 0.3 is 10.1 Å². The number of hydrogen-bond acceptors (Lipinski definition) is 7. The molecule has 0 aromatic heterocycles. The van der Waals surface area contributed by atoms with Crippen molar-refractivity contribution in [2.24, 2.45) is 16.9 Å². The van der Waals surface area contributed by atoms with Gasteiger partial charge in [0.1, 0.15) is 22.7 Å². The molecule has 1 aliphatic heterocycles. The molecule has 10 heteroatoms. The van der Waals surface area contributed by atoms with Crippen LogP contribution < -0.4 is 20.5 Å². The normalized spacial score (nSPS) is 15.5. The van der Waals surface area contributed by atoms with Gasteiger partial charge in [-0.25, -0.2) is 0 Å². The number of nitrogen functional groups attached to an aromatic ring is 1. The molecule has 2 aromatic rings. The summed E-state index contributed by atoms with van der Waals surface area (Å²) >= 11 is 6.04. The number of anilines is 1. The first kappa shape index (κ1) is 22.0. The van der Waals surface area contributed by atoms with Crippen molar-refractivity contribution < 1.29 is 17.3 Å². The van der Waals surface area contributed by atoms with Gasteiger partial charge in [-0.1, -0.05) is 17.7 Å². The zero-order chi connectivity index (χ0) is 21.7. The van der Waals surface area contributed by atoms with Crippen LogP contribution in [0.25, 0.3) is 0 Å². The van der Waals surface area contributed by atoms with Crippen LogP contribution in [0, 0.1) is 12.8 Å². The third-order valence-electron chi connectivity index (χ3n) is 4.86. The Morgan fingerprint density at radius 3 is 2.63 bits per heavy atom. The zero-order valence-corrected chi connectivity index (χ0v) is 18.2. The Morgan fingerprint density at radius 1 is 1.23 bits per heavy atom. The predicted octanol–water partition coefficient (Wildman–Crippen LogP) is 2.99. The molecule has 1 fully saturated rings. The lowest BCUT2D eigenvalue weighted by atomic mass is 9.98. The van der Waals surface area contributed by atoms with E-state index in [1.165, 1.54) is 18.2 Å². The van der Waals surface area contributed by atoms with Crippen molar-refractivity contribution in [2.75, 3.05) is 25.4 Å². The highest BCUT2D eigenvalue weighted by Crippen LogP contribution is 2.31. The van der Waals surface area contributed by atoms with E-state index in [-0.39, 0.29) is 21.4 Å². The van der Waals surface area contributed by atoms with Gasteiger partial charge < -0.3 is 25.4 Å². The van der Waals surface area contributed by atoms with Crippen LogP contribution in [-0.2, 0) is 10.1 Å². The lowest BCUT2D eigenvalue weighted by Crippen LogP contribution is -2.34. The molecule has 162 valence electrons. The quantitative estimate of drug-likeness (QED) is 0.165. The van der Waals surface area contributed by atoms with Crippen LogP contribution in [0.5, 0.6) is 11.5 Å². The monoisotopic (exact) mass is 452 g/mol. The summed E-state index contributed by atoms with van der Waals surface area (Å²) in [4.78, 5) is 1.89. The van der Waals surface area contributed by atoms with E-state index in [0.29, 0.717) is 18.3 Å². The molecule has 0 atom stereocenters. The van der Waals surface area contributed by atoms with E-state index in [2.05, 4.69) is 10.0 Å². The third-order valence-corrected chi connectivity index (χ3v) is 6.68. The van der Waals surface area contributed by atoms with Gasteiger partial charge in [0.2, 0.25) is 0 Å². The highest BCUT2D eigenvalue weighted by Gasteiger charge is 2.22. The summed E-state index contributed by atoms with van der Waals surface area (Å²) in [5.41, 5.74) is 6.68. The minimum Gasteiger partial charge on any atom is -0.493 e. The summed E-state index contributed by atoms with van der Waals surface area (Å²) in [5, 5.41) is 3.49. The Morgan fingerprint density at radius 2 is 1.93 bits per heavy atom. The standard InChI is InChI=1S/C20H25ClN4O4S/c1-14-9-16(28-12-15-5-7-25(8-6-15)13-24-23)11-17(10-14)29-30(26,27)19-4-2-3-18(22)20(19)21/h2-4,9-11,13,15H,5-8,12,22-23H2,1H3. The second kappa shape index (κ2) is 9.44. The van der Waals surface area contributed by atoms with E-state index in [1.54, 1.807) is 18.5 Å². The minimum absolute atomic E-state index is 0.0624. The second-order valence-electron chi connectivity index (χ2n) is 7.23. The number of ether oxygens (including phenoxy) is 1. The topological polar surface area (TPSA) is 120 Å². The predicted molar refractivity (Wildman–Crippen MR) is 117 cm³/mol. The summed E-state index contributed by atoms with van der Waals surface area (Å²) in [6.07, 6.45) is 3.57. The first-order valence-corrected chi connectivity index (χ1v) is 11.3. The molecule has 1 heterocycles. The maximum absolute atomic E-state index is 12.7. The summed E-state index contributed by atoms with van der Waals surface area (Å²) in [6.45, 7) is 4.11. The average Bonchev–Trinajstić information content (AvgIpc) is 2.69. The molecule has 2 aromatic carbocycles. The van der Waals surface area contributed by atoms with E-state index >= 15 is 0 Å². The molecule has 30 heavy (non-hydrogen) atoms. The number of hydrazone groups is 1. The lowest BCUT2D eigenvalue weighted by molar-refractivity contribution is 0.183. The number of nitrogens with zero attached hydrogens (tertiary/aromatic N) is 2. The first-order valence-electron chi connectivity index (χ1n) is 9.49. The lowest BCUT2D eigenvalue weighted by Gasteiger charge is -2.30. The molecule has 8 nitrogen and oxygen atoms in total. The Labute approximate surface area is 181 Å². The number of hydrogen-bond donors (Lipinski definition) is 2. The van der Waals surface area contributed by atoms with Crippen LogP contribution in [0.2, 0.25) is 5.02 Å². The van der Waals surface area contributed by atoms with Gasteiger partial charge in [-0.05, 0) is 55.5 Å². The van der Waals surface area contributed by atoms with Crippen molar-refractivity contribution in [3.8, 4) is 11.5 Å². The SMILES string of the molecule is Cc1cc(OCC2CCN(C=NN)CC2)cc(OS(=O)(=O)c2cccc(N)c2Cl)c1. The molecule has 0 aliphatic carbocycles. The maximum Gasteiger partial charge on any atom is 0.340 e. The van der Waals surface area contributed by atoms with Crippen LogP contribution in [0.4, 0.5) is 5.69 Å². The van der Waals surface area contributed by atoms with Gasteiger partial charge in [-0.2, -0.15) is 13.5 Å². The van der Waals surface area contributed by atoms with Gasteiger partial charge in [0.05, 0.1) is 17.3 Å². The van der Waals surface area contributed by atoms with E-state index in [4.69, 9.17) is 32.1 Å². The summed E-state index contributed by atoms with van der Waals surface area (Å²) < 4.78 is 36.5. The molecule has 0 spiro atoms. The highest BCUT2D eigenvalue weighted by atomic mass is 35.5. The summed E-state index contributed by atoms with van der Waals surface area (Å²) in [7, 11) is -4.14. The molecule has 0 saturated carbocycles. The molecule has 1 saturated heterocycles. The van der Waals surface area contributed by atoms with Crippen LogP contribution in [0.1, 0.15) is 18.4 Å². The molecular weight excluding hydrogens is 428 g/mol. The average molecular weight is 453 g/mol. The maximum atomic E-state index is 12.7. The molecule has 0 amide bonds. The number of nitrogens with two attached hydrogens (primary N) is 2. The number of benzene rings is 2. The Bertz CT molecular complexity index is 1020. The van der Waals surface area contributed by atoms with Crippen LogP contribution in [-0.4, -0.2) is 39.4 Å². The van der Waals surface area contributed by atoms with Gasteiger partial charge in [0.15, 0.2) is 0 Å². The largest absolute Gasteiger partial charge is 0.493 e. The van der Waals surface area contributed by atoms with Crippen LogP contribution >= 0.6 is 11.6 Å². The number of likely N-dealkylation sites (tertiary alicyclic amines) is 1. The van der Waals surface area contributed by atoms with Gasteiger partial charge in [-0.3, -0.25) is 0 Å². The van der Waals surface area contributed by atoms with Crippen molar-refractivity contribution >= 4 is 33.7 Å². The second-order valence-corrected chi connectivity index (χ2v) is 9.13. The van der Waals surface area contributed by atoms with Crippen molar-refractivity contribution in [1.29, 1.82) is 0 Å². The fraction of sp³-hybridized carbons (Fsp3) is 0.350.